The lowest BCUT2D eigenvalue weighted by Crippen LogP contribution is -2.34. The second-order valence-corrected chi connectivity index (χ2v) is 7.88. The van der Waals surface area contributed by atoms with Gasteiger partial charge in [0.1, 0.15) is 6.61 Å². The number of hydrogen-bond acceptors (Lipinski definition) is 3. The van der Waals surface area contributed by atoms with Crippen LogP contribution in [0.2, 0.25) is 0 Å². The summed E-state index contributed by atoms with van der Waals surface area (Å²) in [4.78, 5) is 2.38. The molecule has 2 N–H and O–H groups in total. The minimum Gasteiger partial charge on any atom is -0.399 e. The monoisotopic (exact) mass is 344 g/mol. The number of anilines is 1. The van der Waals surface area contributed by atoms with Gasteiger partial charge >= 0.3 is 0 Å². The van der Waals surface area contributed by atoms with Crippen LogP contribution in [0.5, 0.6) is 0 Å². The van der Waals surface area contributed by atoms with Gasteiger partial charge in [0.25, 0.3) is 0 Å². The van der Waals surface area contributed by atoms with Gasteiger partial charge in [-0.05, 0) is 53.7 Å². The molecule has 0 aliphatic carbocycles. The first-order chi connectivity index (χ1) is 11.7. The van der Waals surface area contributed by atoms with Gasteiger partial charge in [-0.25, -0.2) is 0 Å². The van der Waals surface area contributed by atoms with Gasteiger partial charge < -0.3 is 15.4 Å². The highest BCUT2D eigenvalue weighted by Gasteiger charge is 2.44. The van der Waals surface area contributed by atoms with Gasteiger partial charge in [-0.15, -0.1) is 0 Å². The molecule has 0 fully saturated rings. The van der Waals surface area contributed by atoms with Crippen LogP contribution in [-0.2, 0) is 10.2 Å². The largest absolute Gasteiger partial charge is 0.399 e. The third-order valence-corrected chi connectivity index (χ3v) is 5.03. The van der Waals surface area contributed by atoms with Crippen LogP contribution >= 0.6 is 0 Å². The number of rotatable bonds is 7. The molecular formula is C21H34N3O+. The number of fused-ring (bicyclic) bond motifs is 1. The van der Waals surface area contributed by atoms with Crippen LogP contribution in [0.25, 0.3) is 0 Å². The lowest BCUT2D eigenvalue weighted by Gasteiger charge is -2.29. The van der Waals surface area contributed by atoms with E-state index in [0.717, 1.165) is 12.2 Å². The van der Waals surface area contributed by atoms with Gasteiger partial charge in [0.15, 0.2) is 12.3 Å². The van der Waals surface area contributed by atoms with E-state index in [1.165, 1.54) is 17.0 Å². The molecule has 0 atom stereocenters. The molecule has 0 aromatic heterocycles. The number of methoxy groups -OCH3 is 1. The third kappa shape index (κ3) is 3.90. The Balaban J connectivity index is 2.50. The first kappa shape index (κ1) is 19.5. The molecule has 1 heterocycles. The Labute approximate surface area is 153 Å². The maximum Gasteiger partial charge on any atom is 0.210 e. The lowest BCUT2D eigenvalue weighted by atomic mass is 9.81. The topological polar surface area (TPSA) is 41.5 Å². The highest BCUT2D eigenvalue weighted by Crippen LogP contribution is 2.41. The maximum atomic E-state index is 6.07. The quantitative estimate of drug-likeness (QED) is 0.602. The van der Waals surface area contributed by atoms with Crippen molar-refractivity contribution in [3.8, 4) is 0 Å². The van der Waals surface area contributed by atoms with E-state index in [4.69, 9.17) is 10.5 Å². The molecule has 25 heavy (non-hydrogen) atoms. The fraction of sp³-hybridized carbons (Fsp3) is 0.571. The van der Waals surface area contributed by atoms with Crippen LogP contribution in [0, 0.1) is 0 Å². The molecule has 0 saturated carbocycles. The zero-order valence-electron chi connectivity index (χ0n) is 16.8. The normalized spacial score (nSPS) is 16.4. The van der Waals surface area contributed by atoms with Crippen LogP contribution in [0.3, 0.4) is 0 Å². The number of nitrogens with two attached hydrogens (primary N) is 1. The predicted octanol–water partition coefficient (Wildman–Crippen LogP) is 3.92. The molecular weight excluding hydrogens is 310 g/mol. The summed E-state index contributed by atoms with van der Waals surface area (Å²) in [5, 5.41) is 0. The van der Waals surface area contributed by atoms with Gasteiger partial charge in [-0.2, -0.15) is 4.58 Å². The molecule has 1 aliphatic heterocycles. The molecule has 2 rings (SSSR count). The Morgan fingerprint density at radius 3 is 2.40 bits per heavy atom. The van der Waals surface area contributed by atoms with Crippen molar-refractivity contribution in [1.29, 1.82) is 0 Å². The predicted molar refractivity (Wildman–Crippen MR) is 107 cm³/mol. The van der Waals surface area contributed by atoms with E-state index >= 15 is 0 Å². The van der Waals surface area contributed by atoms with Crippen LogP contribution in [0.4, 0.5) is 11.4 Å². The Bertz CT molecular complexity index is 664. The summed E-state index contributed by atoms with van der Waals surface area (Å²) in [5.41, 5.74) is 10.6. The number of ether oxygens (including phenoxy) is 1. The Hall–Kier alpha value is -1.81. The van der Waals surface area contributed by atoms with E-state index in [1.54, 1.807) is 7.11 Å². The van der Waals surface area contributed by atoms with Gasteiger partial charge in [0.2, 0.25) is 5.69 Å². The zero-order valence-corrected chi connectivity index (χ0v) is 16.8. The average molecular weight is 345 g/mol. The van der Waals surface area contributed by atoms with Crippen molar-refractivity contribution < 1.29 is 9.31 Å². The molecule has 4 nitrogen and oxygen atoms in total. The number of benzene rings is 1. The van der Waals surface area contributed by atoms with Crippen LogP contribution in [0.1, 0.15) is 47.1 Å². The van der Waals surface area contributed by atoms with Gasteiger partial charge in [-0.1, -0.05) is 0 Å². The number of hydrogen-bond donors (Lipinski definition) is 1. The average Bonchev–Trinajstić information content (AvgIpc) is 2.72. The standard InChI is InChI=1S/C21H34N3O/c1-15(2)23(16(3)4)11-10-20-21(5,6)18-14-17(22)8-9-19(18)24(20)12-13-25-7/h8-11,14-16H,12-13,22H2,1-7H3/q+1. The highest BCUT2D eigenvalue weighted by molar-refractivity contribution is 6.03. The first-order valence-electron chi connectivity index (χ1n) is 9.19. The van der Waals surface area contributed by atoms with Gasteiger partial charge in [-0.3, -0.25) is 0 Å². The summed E-state index contributed by atoms with van der Waals surface area (Å²) < 4.78 is 7.72. The SMILES string of the molecule is COCC[N+]1=C(/C=C/N(C(C)C)C(C)C)C(C)(C)c2cc(N)ccc21. The molecule has 0 saturated heterocycles. The fourth-order valence-corrected chi connectivity index (χ4v) is 3.71. The van der Waals surface area contributed by atoms with E-state index in [-0.39, 0.29) is 5.41 Å². The minimum absolute atomic E-state index is 0.0887. The molecule has 4 heteroatoms. The molecule has 1 aromatic rings. The van der Waals surface area contributed by atoms with E-state index in [2.05, 4.69) is 75.4 Å². The molecule has 138 valence electrons. The fourth-order valence-electron chi connectivity index (χ4n) is 3.71. The number of allylic oxidation sites excluding steroid dienone is 1. The molecule has 0 radical (unpaired) electrons. The molecule has 1 aromatic carbocycles. The Morgan fingerprint density at radius 1 is 1.20 bits per heavy atom. The van der Waals surface area contributed by atoms with Gasteiger partial charge in [0, 0.05) is 48.8 Å². The van der Waals surface area contributed by atoms with Gasteiger partial charge in [0.05, 0.1) is 5.41 Å². The maximum absolute atomic E-state index is 6.07. The van der Waals surface area contributed by atoms with E-state index in [9.17, 15) is 0 Å². The Kier molecular flexibility index (Phi) is 5.94. The molecule has 0 spiro atoms. The van der Waals surface area contributed by atoms with E-state index < -0.39 is 0 Å². The second-order valence-electron chi connectivity index (χ2n) is 7.88. The van der Waals surface area contributed by atoms with Crippen LogP contribution in [0.15, 0.2) is 30.5 Å². The molecule has 1 aliphatic rings. The molecule has 0 amide bonds. The van der Waals surface area contributed by atoms with Crippen molar-refractivity contribution in [2.45, 2.75) is 59.0 Å². The van der Waals surface area contributed by atoms with Crippen LogP contribution < -0.4 is 5.73 Å². The van der Waals surface area contributed by atoms with Crippen molar-refractivity contribution in [3.63, 3.8) is 0 Å². The summed E-state index contributed by atoms with van der Waals surface area (Å²) >= 11 is 0. The number of nitrogens with zero attached hydrogens (tertiary/aromatic N) is 2. The van der Waals surface area contributed by atoms with E-state index in [0.29, 0.717) is 18.7 Å². The summed E-state index contributed by atoms with van der Waals surface area (Å²) in [7, 11) is 1.75. The Morgan fingerprint density at radius 2 is 1.84 bits per heavy atom. The lowest BCUT2D eigenvalue weighted by molar-refractivity contribution is -0.441. The van der Waals surface area contributed by atoms with Crippen molar-refractivity contribution in [2.75, 3.05) is 26.0 Å². The van der Waals surface area contributed by atoms with Crippen molar-refractivity contribution in [3.05, 3.63) is 36.0 Å². The van der Waals surface area contributed by atoms with Crippen molar-refractivity contribution in [1.82, 2.24) is 4.90 Å². The summed E-state index contributed by atoms with van der Waals surface area (Å²) in [5.74, 6) is 0. The van der Waals surface area contributed by atoms with E-state index in [1.807, 2.05) is 6.07 Å². The van der Waals surface area contributed by atoms with Crippen molar-refractivity contribution in [2.24, 2.45) is 0 Å². The summed E-state index contributed by atoms with van der Waals surface area (Å²) in [6.45, 7) is 15.0. The van der Waals surface area contributed by atoms with Crippen LogP contribution in [-0.4, -0.2) is 47.5 Å². The molecule has 0 bridgehead atoms. The zero-order chi connectivity index (χ0) is 18.8. The summed E-state index contributed by atoms with van der Waals surface area (Å²) in [6, 6.07) is 7.15. The summed E-state index contributed by atoms with van der Waals surface area (Å²) in [6.07, 6.45) is 4.51. The smallest absolute Gasteiger partial charge is 0.210 e. The van der Waals surface area contributed by atoms with Crippen molar-refractivity contribution >= 4 is 17.1 Å². The highest BCUT2D eigenvalue weighted by atomic mass is 16.5. The molecule has 0 unspecified atom stereocenters. The first-order valence-corrected chi connectivity index (χ1v) is 9.19. The minimum atomic E-state index is -0.0887. The third-order valence-electron chi connectivity index (χ3n) is 5.03. The number of nitrogen functional groups attached to an aromatic ring is 1. The second kappa shape index (κ2) is 7.61.